The van der Waals surface area contributed by atoms with Crippen molar-refractivity contribution in [2.75, 3.05) is 0 Å². The number of hydrogen-bond acceptors (Lipinski definition) is 5. The average molecular weight is 202 g/mol. The number of carbonyl (C=O) groups is 3. The fourth-order valence-corrected chi connectivity index (χ4v) is 1.08. The third-order valence-corrected chi connectivity index (χ3v) is 1.80. The predicted octanol–water partition coefficient (Wildman–Crippen LogP) is 0.0522. The first kappa shape index (κ1) is 12.8. The van der Waals surface area contributed by atoms with Crippen molar-refractivity contribution in [3.63, 3.8) is 0 Å². The second kappa shape index (κ2) is 5.49. The SMILES string of the molecule is CCC(C(=O)C(=O)OC(C)=O)C(C)O. The highest BCUT2D eigenvalue weighted by atomic mass is 16.6. The molecule has 0 aromatic rings. The molecule has 2 unspecified atom stereocenters. The maximum Gasteiger partial charge on any atom is 0.382 e. The van der Waals surface area contributed by atoms with Gasteiger partial charge in [0.25, 0.3) is 0 Å². The number of Topliss-reactive ketones (excluding diaryl/α,β-unsaturated/α-hetero) is 1. The van der Waals surface area contributed by atoms with Crippen molar-refractivity contribution in [1.82, 2.24) is 0 Å². The molecule has 80 valence electrons. The lowest BCUT2D eigenvalue weighted by Crippen LogP contribution is -2.33. The maximum absolute atomic E-state index is 11.3. The lowest BCUT2D eigenvalue weighted by atomic mass is 9.96. The Morgan fingerprint density at radius 2 is 1.86 bits per heavy atom. The summed E-state index contributed by atoms with van der Waals surface area (Å²) in [5, 5.41) is 9.15. The molecule has 5 heteroatoms. The second-order valence-electron chi connectivity index (χ2n) is 3.00. The molecule has 0 aliphatic carbocycles. The fourth-order valence-electron chi connectivity index (χ4n) is 1.08. The molecule has 1 N–H and O–H groups in total. The Hall–Kier alpha value is -1.23. The smallest absolute Gasteiger partial charge is 0.382 e. The topological polar surface area (TPSA) is 80.7 Å². The zero-order valence-electron chi connectivity index (χ0n) is 8.44. The minimum Gasteiger partial charge on any atom is -0.393 e. The summed E-state index contributed by atoms with van der Waals surface area (Å²) in [4.78, 5) is 32.6. The highest BCUT2D eigenvalue weighted by molar-refractivity contribution is 6.36. The van der Waals surface area contributed by atoms with Crippen molar-refractivity contribution in [2.45, 2.75) is 33.3 Å². The number of carbonyl (C=O) groups excluding carboxylic acids is 3. The van der Waals surface area contributed by atoms with Crippen molar-refractivity contribution in [1.29, 1.82) is 0 Å². The molecule has 0 fully saturated rings. The van der Waals surface area contributed by atoms with Crippen molar-refractivity contribution >= 4 is 17.7 Å². The molecule has 0 aromatic heterocycles. The van der Waals surface area contributed by atoms with Crippen LogP contribution in [0.4, 0.5) is 0 Å². The Bertz CT molecular complexity index is 244. The Morgan fingerprint density at radius 3 is 2.14 bits per heavy atom. The standard InChI is InChI=1S/C9H14O5/c1-4-7(5(2)10)8(12)9(13)14-6(3)11/h5,7,10H,4H2,1-3H3. The first-order valence-electron chi connectivity index (χ1n) is 4.34. The molecule has 14 heavy (non-hydrogen) atoms. The van der Waals surface area contributed by atoms with Crippen LogP contribution in [0.5, 0.6) is 0 Å². The summed E-state index contributed by atoms with van der Waals surface area (Å²) in [7, 11) is 0. The van der Waals surface area contributed by atoms with Crippen LogP contribution in [0, 0.1) is 5.92 Å². The van der Waals surface area contributed by atoms with Crippen molar-refractivity contribution in [2.24, 2.45) is 5.92 Å². The molecular formula is C9H14O5. The van der Waals surface area contributed by atoms with E-state index in [1.165, 1.54) is 6.92 Å². The van der Waals surface area contributed by atoms with E-state index < -0.39 is 29.7 Å². The van der Waals surface area contributed by atoms with Crippen LogP contribution in [-0.4, -0.2) is 28.9 Å². The van der Waals surface area contributed by atoms with Crippen LogP contribution in [0.15, 0.2) is 0 Å². The second-order valence-corrected chi connectivity index (χ2v) is 3.00. The van der Waals surface area contributed by atoms with Gasteiger partial charge in [0.15, 0.2) is 0 Å². The largest absolute Gasteiger partial charge is 0.393 e. The van der Waals surface area contributed by atoms with E-state index in [1.54, 1.807) is 6.92 Å². The first-order valence-corrected chi connectivity index (χ1v) is 4.34. The van der Waals surface area contributed by atoms with Crippen LogP contribution in [0.25, 0.3) is 0 Å². The van der Waals surface area contributed by atoms with E-state index >= 15 is 0 Å². The van der Waals surface area contributed by atoms with E-state index in [9.17, 15) is 14.4 Å². The van der Waals surface area contributed by atoms with E-state index in [4.69, 9.17) is 5.11 Å². The van der Waals surface area contributed by atoms with Gasteiger partial charge in [-0.2, -0.15) is 0 Å². The summed E-state index contributed by atoms with van der Waals surface area (Å²) in [6.07, 6.45) is -0.601. The Kier molecular flexibility index (Phi) is 5.01. The summed E-state index contributed by atoms with van der Waals surface area (Å²) in [5.74, 6) is -3.70. The van der Waals surface area contributed by atoms with Crippen molar-refractivity contribution in [3.8, 4) is 0 Å². The fraction of sp³-hybridized carbons (Fsp3) is 0.667. The monoisotopic (exact) mass is 202 g/mol. The number of ketones is 1. The molecule has 0 aromatic carbocycles. The normalized spacial score (nSPS) is 14.3. The predicted molar refractivity (Wildman–Crippen MR) is 47.2 cm³/mol. The van der Waals surface area contributed by atoms with E-state index in [2.05, 4.69) is 4.74 Å². The molecule has 2 atom stereocenters. The van der Waals surface area contributed by atoms with Gasteiger partial charge >= 0.3 is 11.9 Å². The Balaban J connectivity index is 4.43. The van der Waals surface area contributed by atoms with Gasteiger partial charge in [0.1, 0.15) is 0 Å². The van der Waals surface area contributed by atoms with Gasteiger partial charge in [-0.1, -0.05) is 6.92 Å². The van der Waals surface area contributed by atoms with Gasteiger partial charge in [0.05, 0.1) is 12.0 Å². The first-order chi connectivity index (χ1) is 6.40. The molecule has 0 spiro atoms. The van der Waals surface area contributed by atoms with Crippen LogP contribution in [0.3, 0.4) is 0 Å². The summed E-state index contributed by atoms with van der Waals surface area (Å²) >= 11 is 0. The highest BCUT2D eigenvalue weighted by Gasteiger charge is 2.29. The van der Waals surface area contributed by atoms with E-state index in [-0.39, 0.29) is 0 Å². The van der Waals surface area contributed by atoms with E-state index in [0.717, 1.165) is 6.92 Å². The van der Waals surface area contributed by atoms with Gasteiger partial charge in [-0.3, -0.25) is 9.59 Å². The zero-order valence-corrected chi connectivity index (χ0v) is 8.44. The minimum atomic E-state index is -1.20. The molecule has 0 aliphatic rings. The lowest BCUT2D eigenvalue weighted by Gasteiger charge is -2.14. The molecule has 0 rings (SSSR count). The number of esters is 2. The Morgan fingerprint density at radius 1 is 1.36 bits per heavy atom. The van der Waals surface area contributed by atoms with Gasteiger partial charge < -0.3 is 9.84 Å². The summed E-state index contributed by atoms with van der Waals surface area (Å²) in [5.41, 5.74) is 0. The average Bonchev–Trinajstić information content (AvgIpc) is 2.03. The molecule has 5 nitrogen and oxygen atoms in total. The molecular weight excluding hydrogens is 188 g/mol. The molecule has 0 aliphatic heterocycles. The number of rotatable bonds is 4. The third kappa shape index (κ3) is 3.66. The summed E-state index contributed by atoms with van der Waals surface area (Å²) in [6, 6.07) is 0. The molecule has 0 saturated heterocycles. The van der Waals surface area contributed by atoms with Crippen LogP contribution < -0.4 is 0 Å². The molecule has 0 saturated carbocycles. The van der Waals surface area contributed by atoms with Crippen LogP contribution in [-0.2, 0) is 19.1 Å². The molecule has 0 amide bonds. The van der Waals surface area contributed by atoms with Crippen molar-refractivity contribution in [3.05, 3.63) is 0 Å². The molecule has 0 radical (unpaired) electrons. The van der Waals surface area contributed by atoms with Gasteiger partial charge in [-0.15, -0.1) is 0 Å². The van der Waals surface area contributed by atoms with Gasteiger partial charge in [0.2, 0.25) is 5.78 Å². The summed E-state index contributed by atoms with van der Waals surface area (Å²) < 4.78 is 4.11. The summed E-state index contributed by atoms with van der Waals surface area (Å²) in [6.45, 7) is 4.11. The van der Waals surface area contributed by atoms with Crippen molar-refractivity contribution < 1.29 is 24.2 Å². The van der Waals surface area contributed by atoms with Gasteiger partial charge in [-0.25, -0.2) is 4.79 Å². The molecule has 0 bridgehead atoms. The maximum atomic E-state index is 11.3. The number of ether oxygens (including phenoxy) is 1. The van der Waals surface area contributed by atoms with E-state index in [1.807, 2.05) is 0 Å². The highest BCUT2D eigenvalue weighted by Crippen LogP contribution is 2.10. The lowest BCUT2D eigenvalue weighted by molar-refractivity contribution is -0.165. The van der Waals surface area contributed by atoms with Crippen LogP contribution in [0.2, 0.25) is 0 Å². The Labute approximate surface area is 82.1 Å². The van der Waals surface area contributed by atoms with Gasteiger partial charge in [-0.05, 0) is 13.3 Å². The van der Waals surface area contributed by atoms with Crippen LogP contribution >= 0.6 is 0 Å². The number of aliphatic hydroxyl groups excluding tert-OH is 1. The number of hydrogen-bond donors (Lipinski definition) is 1. The van der Waals surface area contributed by atoms with E-state index in [0.29, 0.717) is 6.42 Å². The molecule has 0 heterocycles. The quantitative estimate of drug-likeness (QED) is 0.396. The minimum absolute atomic E-state index is 0.323. The zero-order chi connectivity index (χ0) is 11.3. The van der Waals surface area contributed by atoms with Gasteiger partial charge in [0, 0.05) is 6.92 Å². The van der Waals surface area contributed by atoms with Crippen LogP contribution in [0.1, 0.15) is 27.2 Å². The third-order valence-electron chi connectivity index (χ3n) is 1.80. The number of aliphatic hydroxyl groups is 1.